The summed E-state index contributed by atoms with van der Waals surface area (Å²) >= 11 is 9.36. The molecule has 108 valence electrons. The molecular weight excluding hydrogens is 476 g/mol. The molecule has 1 aromatic carbocycles. The van der Waals surface area contributed by atoms with Crippen molar-refractivity contribution in [3.63, 3.8) is 0 Å². The largest absolute Gasteiger partial charge is 0.252 e. The Morgan fingerprint density at radius 1 is 1.26 bits per heavy atom. The van der Waals surface area contributed by atoms with Crippen molar-refractivity contribution in [2.75, 3.05) is 18.4 Å². The number of rotatable bonds is 6. The molecule has 0 unspecified atom stereocenters. The Morgan fingerprint density at radius 2 is 1.89 bits per heavy atom. The highest BCUT2D eigenvalue weighted by atomic mass is 79.9. The van der Waals surface area contributed by atoms with Crippen molar-refractivity contribution in [2.24, 2.45) is 0 Å². The van der Waals surface area contributed by atoms with Gasteiger partial charge in [-0.1, -0.05) is 31.9 Å². The molecule has 0 aliphatic carbocycles. The molecule has 1 aromatic rings. The van der Waals surface area contributed by atoms with Gasteiger partial charge in [-0.3, -0.25) is 0 Å². The quantitative estimate of drug-likeness (QED) is 0.574. The van der Waals surface area contributed by atoms with Crippen LogP contribution in [-0.2, 0) is 10.0 Å². The van der Waals surface area contributed by atoms with Crippen LogP contribution in [0.25, 0.3) is 0 Å². The fraction of sp³-hybridized carbons (Fsp3) is 0.400. The van der Waals surface area contributed by atoms with Crippen molar-refractivity contribution in [1.29, 1.82) is 0 Å². The van der Waals surface area contributed by atoms with Gasteiger partial charge in [-0.2, -0.15) is 4.31 Å². The summed E-state index contributed by atoms with van der Waals surface area (Å²) < 4.78 is 51.3. The molecule has 0 fully saturated rings. The second kappa shape index (κ2) is 7.44. The van der Waals surface area contributed by atoms with E-state index in [0.29, 0.717) is 8.95 Å². The number of sulfonamides is 1. The van der Waals surface area contributed by atoms with E-state index in [4.69, 9.17) is 0 Å². The molecule has 0 heterocycles. The summed E-state index contributed by atoms with van der Waals surface area (Å²) in [5.74, 6) is 0. The lowest BCUT2D eigenvalue weighted by molar-refractivity contribution is 0.121. The van der Waals surface area contributed by atoms with Crippen molar-refractivity contribution in [3.05, 3.63) is 27.1 Å². The number of hydrogen-bond donors (Lipinski definition) is 0. The molecule has 9 heteroatoms. The minimum atomic E-state index is -3.97. The van der Waals surface area contributed by atoms with Crippen LogP contribution in [-0.4, -0.2) is 37.6 Å². The average molecular weight is 486 g/mol. The van der Waals surface area contributed by atoms with Crippen LogP contribution in [0.5, 0.6) is 0 Å². The summed E-state index contributed by atoms with van der Waals surface area (Å²) in [7, 11) is -3.97. The van der Waals surface area contributed by atoms with Gasteiger partial charge in [-0.25, -0.2) is 17.2 Å². The number of hydrogen-bond acceptors (Lipinski definition) is 2. The Labute approximate surface area is 135 Å². The summed E-state index contributed by atoms with van der Waals surface area (Å²) in [6.45, 7) is -0.849. The molecular formula is C10H10Br3F2NO2S. The fourth-order valence-corrected chi connectivity index (χ4v) is 4.92. The van der Waals surface area contributed by atoms with E-state index in [1.165, 1.54) is 6.07 Å². The van der Waals surface area contributed by atoms with Crippen molar-refractivity contribution in [3.8, 4) is 0 Å². The zero-order chi connectivity index (χ0) is 14.6. The van der Waals surface area contributed by atoms with Crippen LogP contribution in [0.1, 0.15) is 0 Å². The monoisotopic (exact) mass is 483 g/mol. The van der Waals surface area contributed by atoms with Crippen molar-refractivity contribution >= 4 is 57.8 Å². The molecule has 0 spiro atoms. The van der Waals surface area contributed by atoms with Crippen LogP contribution in [0.3, 0.4) is 0 Å². The Hall–Kier alpha value is 0.430. The summed E-state index contributed by atoms with van der Waals surface area (Å²) in [5.41, 5.74) is 0. The van der Waals surface area contributed by atoms with Gasteiger partial charge in [-0.15, -0.1) is 0 Å². The van der Waals surface area contributed by atoms with Gasteiger partial charge in [0.25, 0.3) is 6.43 Å². The number of alkyl halides is 3. The third kappa shape index (κ3) is 4.73. The highest BCUT2D eigenvalue weighted by molar-refractivity contribution is 9.11. The summed E-state index contributed by atoms with van der Waals surface area (Å²) in [4.78, 5) is -0.0384. The molecule has 3 nitrogen and oxygen atoms in total. The molecule has 0 aliphatic heterocycles. The molecule has 0 aromatic heterocycles. The smallest absolute Gasteiger partial charge is 0.209 e. The molecule has 0 N–H and O–H groups in total. The van der Waals surface area contributed by atoms with E-state index in [9.17, 15) is 17.2 Å². The maximum atomic E-state index is 12.5. The second-order valence-corrected chi connectivity index (χ2v) is 7.99. The lowest BCUT2D eigenvalue weighted by Crippen LogP contribution is -2.36. The predicted octanol–water partition coefficient (Wildman–Crippen LogP) is 3.86. The zero-order valence-corrected chi connectivity index (χ0v) is 15.1. The third-order valence-corrected chi connectivity index (χ3v) is 5.89. The van der Waals surface area contributed by atoms with E-state index in [0.717, 1.165) is 4.31 Å². The first-order valence-corrected chi connectivity index (χ1v) is 9.23. The van der Waals surface area contributed by atoms with E-state index in [1.807, 2.05) is 0 Å². The van der Waals surface area contributed by atoms with Crippen molar-refractivity contribution in [1.82, 2.24) is 4.31 Å². The summed E-state index contributed by atoms with van der Waals surface area (Å²) in [5, 5.41) is 0.282. The van der Waals surface area contributed by atoms with Gasteiger partial charge in [0, 0.05) is 20.8 Å². The van der Waals surface area contributed by atoms with Crippen LogP contribution in [0.2, 0.25) is 0 Å². The van der Waals surface area contributed by atoms with Crippen molar-refractivity contribution in [2.45, 2.75) is 11.3 Å². The molecule has 19 heavy (non-hydrogen) atoms. The minimum Gasteiger partial charge on any atom is -0.209 e. The molecule has 0 saturated carbocycles. The van der Waals surface area contributed by atoms with Gasteiger partial charge < -0.3 is 0 Å². The molecule has 1 rings (SSSR count). The lowest BCUT2D eigenvalue weighted by Gasteiger charge is -2.21. The third-order valence-electron chi connectivity index (χ3n) is 2.19. The Kier molecular flexibility index (Phi) is 6.85. The Bertz CT molecular complexity index is 540. The average Bonchev–Trinajstić information content (AvgIpc) is 2.31. The SMILES string of the molecule is O=S(=O)(c1cc(Br)ccc1Br)N(CCBr)CC(F)F. The Balaban J connectivity index is 3.22. The maximum absolute atomic E-state index is 12.5. The van der Waals surface area contributed by atoms with Crippen molar-refractivity contribution < 1.29 is 17.2 Å². The van der Waals surface area contributed by atoms with Gasteiger partial charge in [0.05, 0.1) is 11.4 Å². The summed E-state index contributed by atoms with van der Waals surface area (Å²) in [6.07, 6.45) is -2.72. The highest BCUT2D eigenvalue weighted by Gasteiger charge is 2.28. The minimum absolute atomic E-state index is 0.0222. The highest BCUT2D eigenvalue weighted by Crippen LogP contribution is 2.28. The number of halogens is 5. The van der Waals surface area contributed by atoms with E-state index in [2.05, 4.69) is 47.8 Å². The molecule has 0 radical (unpaired) electrons. The van der Waals surface area contributed by atoms with Gasteiger partial charge in [0.2, 0.25) is 10.0 Å². The number of nitrogens with zero attached hydrogens (tertiary/aromatic N) is 1. The van der Waals surface area contributed by atoms with Crippen LogP contribution in [0, 0.1) is 0 Å². The second-order valence-electron chi connectivity index (χ2n) is 3.52. The zero-order valence-electron chi connectivity index (χ0n) is 9.49. The van der Waals surface area contributed by atoms with E-state index in [-0.39, 0.29) is 16.8 Å². The van der Waals surface area contributed by atoms with Crippen LogP contribution in [0.4, 0.5) is 8.78 Å². The predicted molar refractivity (Wildman–Crippen MR) is 80.4 cm³/mol. The van der Waals surface area contributed by atoms with Gasteiger partial charge in [0.15, 0.2) is 0 Å². The van der Waals surface area contributed by atoms with Crippen LogP contribution < -0.4 is 0 Å². The summed E-state index contributed by atoms with van der Waals surface area (Å²) in [6, 6.07) is 4.59. The van der Waals surface area contributed by atoms with Crippen LogP contribution >= 0.6 is 47.8 Å². The van der Waals surface area contributed by atoms with Gasteiger partial charge >= 0.3 is 0 Å². The van der Waals surface area contributed by atoms with E-state index < -0.39 is 23.0 Å². The Morgan fingerprint density at radius 3 is 2.42 bits per heavy atom. The first kappa shape index (κ1) is 17.5. The van der Waals surface area contributed by atoms with Crippen LogP contribution in [0.15, 0.2) is 32.0 Å². The maximum Gasteiger partial charge on any atom is 0.252 e. The topological polar surface area (TPSA) is 37.4 Å². The molecule has 0 saturated heterocycles. The normalized spacial score (nSPS) is 12.4. The van der Waals surface area contributed by atoms with E-state index in [1.54, 1.807) is 12.1 Å². The van der Waals surface area contributed by atoms with Gasteiger partial charge in [-0.05, 0) is 34.1 Å². The number of benzene rings is 1. The molecule has 0 atom stereocenters. The van der Waals surface area contributed by atoms with Gasteiger partial charge in [0.1, 0.15) is 0 Å². The molecule has 0 amide bonds. The molecule has 0 aliphatic rings. The first-order chi connectivity index (χ1) is 8.78. The first-order valence-electron chi connectivity index (χ1n) is 5.08. The molecule has 0 bridgehead atoms. The fourth-order valence-electron chi connectivity index (χ4n) is 1.37. The standard InChI is InChI=1S/C10H10Br3F2NO2S/c11-3-4-16(6-10(14)15)19(17,18)9-5-7(12)1-2-8(9)13/h1-2,5,10H,3-4,6H2. The lowest BCUT2D eigenvalue weighted by atomic mass is 10.4. The van der Waals surface area contributed by atoms with E-state index >= 15 is 0 Å².